The van der Waals surface area contributed by atoms with Crippen LogP contribution in [0.5, 0.6) is 0 Å². The van der Waals surface area contributed by atoms with Crippen LogP contribution in [0.25, 0.3) is 0 Å². The van der Waals surface area contributed by atoms with Gasteiger partial charge in [0.05, 0.1) is 23.5 Å². The van der Waals surface area contributed by atoms with E-state index in [1.54, 1.807) is 0 Å². The molecule has 1 aromatic rings. The van der Waals surface area contributed by atoms with Gasteiger partial charge in [-0.3, -0.25) is 9.48 Å². The average Bonchev–Trinajstić information content (AvgIpc) is 2.52. The highest BCUT2D eigenvalue weighted by Crippen LogP contribution is 2.21. The quantitative estimate of drug-likeness (QED) is 0.659. The number of rotatable bonds is 6. The second-order valence-electron chi connectivity index (χ2n) is 5.20. The first kappa shape index (κ1) is 16.6. The van der Waals surface area contributed by atoms with Gasteiger partial charge in [0.2, 0.25) is 10.0 Å². The number of aromatic nitrogens is 2. The number of aliphatic hydroxyl groups excluding tert-OH is 1. The van der Waals surface area contributed by atoms with Crippen LogP contribution in [0.4, 0.5) is 0 Å². The maximum atomic E-state index is 12.3. The molecule has 0 atom stereocenters. The van der Waals surface area contributed by atoms with Crippen molar-refractivity contribution >= 4 is 16.0 Å². The molecule has 0 aromatic carbocycles. The number of aryl methyl sites for hydroxylation is 1. The molecule has 0 aliphatic heterocycles. The van der Waals surface area contributed by atoms with E-state index in [1.807, 2.05) is 0 Å². The number of carboxylic acids is 1. The van der Waals surface area contributed by atoms with Crippen molar-refractivity contribution in [3.63, 3.8) is 0 Å². The first-order chi connectivity index (χ1) is 9.00. The van der Waals surface area contributed by atoms with E-state index in [-0.39, 0.29) is 22.9 Å². The number of nitrogens with zero attached hydrogens (tertiary/aromatic N) is 2. The Morgan fingerprint density at radius 3 is 2.40 bits per heavy atom. The zero-order valence-corrected chi connectivity index (χ0v) is 12.7. The third-order valence-electron chi connectivity index (χ3n) is 2.67. The van der Waals surface area contributed by atoms with Gasteiger partial charge in [-0.25, -0.2) is 13.1 Å². The lowest BCUT2D eigenvalue weighted by Crippen LogP contribution is -2.46. The Morgan fingerprint density at radius 2 is 1.95 bits per heavy atom. The molecule has 0 radical (unpaired) electrons. The molecule has 20 heavy (non-hydrogen) atoms. The largest absolute Gasteiger partial charge is 0.480 e. The van der Waals surface area contributed by atoms with Crippen molar-refractivity contribution in [3.05, 3.63) is 11.4 Å². The van der Waals surface area contributed by atoms with Crippen LogP contribution in [0.15, 0.2) is 4.90 Å². The zero-order valence-electron chi connectivity index (χ0n) is 11.8. The van der Waals surface area contributed by atoms with Crippen LogP contribution < -0.4 is 4.72 Å². The van der Waals surface area contributed by atoms with Crippen LogP contribution in [0.1, 0.15) is 25.2 Å². The Kier molecular flexibility index (Phi) is 4.57. The standard InChI is InChI=1S/C11H19N3O5S/c1-7-10(8(2)14(12-7)5-9(16)17)20(18,19)13-11(3,4)6-15/h13,15H,5-6H2,1-4H3,(H,16,17). The van der Waals surface area contributed by atoms with Crippen LogP contribution in [0.3, 0.4) is 0 Å². The number of nitrogens with one attached hydrogen (secondary N) is 1. The number of sulfonamides is 1. The van der Waals surface area contributed by atoms with Crippen molar-refractivity contribution in [2.75, 3.05) is 6.61 Å². The minimum Gasteiger partial charge on any atom is -0.480 e. The van der Waals surface area contributed by atoms with E-state index in [2.05, 4.69) is 9.82 Å². The molecule has 0 saturated heterocycles. The summed E-state index contributed by atoms with van der Waals surface area (Å²) in [6.07, 6.45) is 0. The lowest BCUT2D eigenvalue weighted by molar-refractivity contribution is -0.137. The molecule has 0 fully saturated rings. The highest BCUT2D eigenvalue weighted by atomic mass is 32.2. The smallest absolute Gasteiger partial charge is 0.325 e. The van der Waals surface area contributed by atoms with E-state index in [1.165, 1.54) is 27.7 Å². The van der Waals surface area contributed by atoms with E-state index in [0.717, 1.165) is 4.68 Å². The number of hydrogen-bond acceptors (Lipinski definition) is 5. The first-order valence-corrected chi connectivity index (χ1v) is 7.39. The van der Waals surface area contributed by atoms with Gasteiger partial charge < -0.3 is 10.2 Å². The molecule has 0 unspecified atom stereocenters. The van der Waals surface area contributed by atoms with Crippen LogP contribution >= 0.6 is 0 Å². The highest BCUT2D eigenvalue weighted by Gasteiger charge is 2.30. The maximum absolute atomic E-state index is 12.3. The SMILES string of the molecule is Cc1nn(CC(=O)O)c(C)c1S(=O)(=O)NC(C)(C)CO. The minimum absolute atomic E-state index is 0.0553. The summed E-state index contributed by atoms with van der Waals surface area (Å²) in [5.41, 5.74) is -0.566. The fourth-order valence-corrected chi connectivity index (χ4v) is 3.62. The van der Waals surface area contributed by atoms with Gasteiger partial charge in [0.15, 0.2) is 0 Å². The molecule has 8 nitrogen and oxygen atoms in total. The predicted octanol–water partition coefficient (Wildman–Crippen LogP) is -0.366. The van der Waals surface area contributed by atoms with E-state index < -0.39 is 28.1 Å². The van der Waals surface area contributed by atoms with Gasteiger partial charge in [0.25, 0.3) is 0 Å². The number of carboxylic acid groups (broad SMARTS) is 1. The van der Waals surface area contributed by atoms with Crippen LogP contribution in [-0.4, -0.2) is 46.5 Å². The normalized spacial score (nSPS) is 12.7. The van der Waals surface area contributed by atoms with Crippen molar-refractivity contribution < 1.29 is 23.4 Å². The van der Waals surface area contributed by atoms with Gasteiger partial charge in [-0.05, 0) is 27.7 Å². The summed E-state index contributed by atoms with van der Waals surface area (Å²) in [7, 11) is -3.89. The fraction of sp³-hybridized carbons (Fsp3) is 0.636. The van der Waals surface area contributed by atoms with E-state index >= 15 is 0 Å². The number of hydrogen-bond donors (Lipinski definition) is 3. The Labute approximate surface area is 117 Å². The second kappa shape index (κ2) is 5.51. The molecule has 0 aliphatic rings. The Morgan fingerprint density at radius 1 is 1.40 bits per heavy atom. The summed E-state index contributed by atoms with van der Waals surface area (Å²) < 4.78 is 28.1. The van der Waals surface area contributed by atoms with Gasteiger partial charge in [-0.1, -0.05) is 0 Å². The van der Waals surface area contributed by atoms with Gasteiger partial charge in [0, 0.05) is 0 Å². The van der Waals surface area contributed by atoms with Gasteiger partial charge in [0.1, 0.15) is 11.4 Å². The maximum Gasteiger partial charge on any atom is 0.325 e. The summed E-state index contributed by atoms with van der Waals surface area (Å²) in [6, 6.07) is 0. The Bertz CT molecular complexity index is 618. The van der Waals surface area contributed by atoms with Crippen LogP contribution in [0.2, 0.25) is 0 Å². The number of aliphatic hydroxyl groups is 1. The molecule has 0 aliphatic carbocycles. The summed E-state index contributed by atoms with van der Waals surface area (Å²) >= 11 is 0. The zero-order chi connectivity index (χ0) is 15.7. The van der Waals surface area contributed by atoms with Gasteiger partial charge in [-0.2, -0.15) is 5.10 Å². The average molecular weight is 305 g/mol. The molecular weight excluding hydrogens is 286 g/mol. The van der Waals surface area contributed by atoms with Gasteiger partial charge in [-0.15, -0.1) is 0 Å². The lowest BCUT2D eigenvalue weighted by atomic mass is 10.1. The van der Waals surface area contributed by atoms with Crippen molar-refractivity contribution in [1.29, 1.82) is 0 Å². The lowest BCUT2D eigenvalue weighted by Gasteiger charge is -2.23. The summed E-state index contributed by atoms with van der Waals surface area (Å²) in [5.74, 6) is -1.11. The molecule has 3 N–H and O–H groups in total. The molecule has 0 saturated carbocycles. The monoisotopic (exact) mass is 305 g/mol. The first-order valence-electron chi connectivity index (χ1n) is 5.91. The molecule has 0 bridgehead atoms. The summed E-state index contributed by atoms with van der Waals surface area (Å²) in [4.78, 5) is 10.7. The van der Waals surface area contributed by atoms with E-state index in [0.29, 0.717) is 0 Å². The third kappa shape index (κ3) is 3.56. The van der Waals surface area contributed by atoms with Crippen molar-refractivity contribution in [2.24, 2.45) is 0 Å². The van der Waals surface area contributed by atoms with Crippen molar-refractivity contribution in [2.45, 2.75) is 44.7 Å². The van der Waals surface area contributed by atoms with Crippen LogP contribution in [0, 0.1) is 13.8 Å². The summed E-state index contributed by atoms with van der Waals surface area (Å²) in [6.45, 7) is 5.28. The Balaban J connectivity index is 3.26. The number of aliphatic carboxylic acids is 1. The molecule has 1 heterocycles. The minimum atomic E-state index is -3.89. The number of carbonyl (C=O) groups is 1. The van der Waals surface area contributed by atoms with Crippen LogP contribution in [-0.2, 0) is 21.4 Å². The molecule has 1 aromatic heterocycles. The molecule has 9 heteroatoms. The molecular formula is C11H19N3O5S. The van der Waals surface area contributed by atoms with E-state index in [4.69, 9.17) is 10.2 Å². The van der Waals surface area contributed by atoms with E-state index in [9.17, 15) is 13.2 Å². The second-order valence-corrected chi connectivity index (χ2v) is 6.82. The Hall–Kier alpha value is -1.45. The van der Waals surface area contributed by atoms with Crippen molar-refractivity contribution in [1.82, 2.24) is 14.5 Å². The summed E-state index contributed by atoms with van der Waals surface area (Å²) in [5, 5.41) is 21.8. The van der Waals surface area contributed by atoms with Crippen molar-refractivity contribution in [3.8, 4) is 0 Å². The molecule has 1 rings (SSSR count). The highest BCUT2D eigenvalue weighted by molar-refractivity contribution is 7.89. The fourth-order valence-electron chi connectivity index (χ4n) is 1.80. The topological polar surface area (TPSA) is 122 Å². The molecule has 114 valence electrons. The van der Waals surface area contributed by atoms with Gasteiger partial charge >= 0.3 is 5.97 Å². The third-order valence-corrected chi connectivity index (χ3v) is 4.62. The predicted molar refractivity (Wildman–Crippen MR) is 70.8 cm³/mol. The molecule has 0 amide bonds. The molecule has 0 spiro atoms.